The second-order valence-electron chi connectivity index (χ2n) is 12.8. The van der Waals surface area contributed by atoms with Crippen molar-refractivity contribution in [2.24, 2.45) is 0 Å². The van der Waals surface area contributed by atoms with Crippen LogP contribution in [0.15, 0.2) is 176 Å². The van der Waals surface area contributed by atoms with E-state index in [1.165, 1.54) is 52.8 Å². The summed E-state index contributed by atoms with van der Waals surface area (Å²) in [6.07, 6.45) is 0. The van der Waals surface area contributed by atoms with Crippen molar-refractivity contribution in [2.75, 3.05) is 0 Å². The first-order valence-electron chi connectivity index (χ1n) is 17.1. The third kappa shape index (κ3) is 5.16. The molecule has 0 saturated carbocycles. The molecule has 51 heavy (non-hydrogen) atoms. The monoisotopic (exact) mass is 667 g/mol. The molecule has 0 aliphatic carbocycles. The van der Waals surface area contributed by atoms with Crippen LogP contribution >= 0.6 is 11.3 Å². The van der Waals surface area contributed by atoms with Crippen molar-refractivity contribution < 1.29 is 0 Å². The van der Waals surface area contributed by atoms with Crippen LogP contribution in [0, 0.1) is 0 Å². The highest BCUT2D eigenvalue weighted by Gasteiger charge is 2.19. The lowest BCUT2D eigenvalue weighted by atomic mass is 9.88. The first-order chi connectivity index (χ1) is 25.3. The van der Waals surface area contributed by atoms with Gasteiger partial charge in [-0.15, -0.1) is 11.3 Å². The highest BCUT2D eigenvalue weighted by molar-refractivity contribution is 7.22. The fourth-order valence-electron chi connectivity index (χ4n) is 7.28. The number of benzene rings is 8. The first-order valence-corrected chi connectivity index (χ1v) is 17.9. The normalized spacial score (nSPS) is 11.5. The topological polar surface area (TPSA) is 38.7 Å². The minimum absolute atomic E-state index is 0.642. The molecule has 2 aromatic heterocycles. The SMILES string of the molecule is c1ccc(-c2nc(-c3cccc(-c4cc5ccccc5s4)c3)nc(-c3ccccc3-c3c4ccccc4cc4c3ccc3ccccc34)n2)cc1. The molecule has 8 aromatic carbocycles. The molecular weight excluding hydrogens is 639 g/mol. The lowest BCUT2D eigenvalue weighted by Gasteiger charge is -2.17. The van der Waals surface area contributed by atoms with E-state index in [-0.39, 0.29) is 0 Å². The second kappa shape index (κ2) is 12.1. The lowest BCUT2D eigenvalue weighted by Crippen LogP contribution is -2.01. The van der Waals surface area contributed by atoms with Crippen LogP contribution in [0.5, 0.6) is 0 Å². The highest BCUT2D eigenvalue weighted by atomic mass is 32.1. The molecule has 0 unspecified atom stereocenters. The van der Waals surface area contributed by atoms with Gasteiger partial charge < -0.3 is 0 Å². The van der Waals surface area contributed by atoms with Crippen molar-refractivity contribution in [1.29, 1.82) is 0 Å². The van der Waals surface area contributed by atoms with Gasteiger partial charge in [0.1, 0.15) is 0 Å². The molecule has 0 N–H and O–H groups in total. The number of nitrogens with zero attached hydrogens (tertiary/aromatic N) is 3. The summed E-state index contributed by atoms with van der Waals surface area (Å²) >= 11 is 1.80. The van der Waals surface area contributed by atoms with Gasteiger partial charge in [0, 0.05) is 26.3 Å². The van der Waals surface area contributed by atoms with Gasteiger partial charge in [-0.05, 0) is 78.7 Å². The predicted molar refractivity (Wildman–Crippen MR) is 215 cm³/mol. The molecule has 0 radical (unpaired) electrons. The van der Waals surface area contributed by atoms with Crippen LogP contribution in [0.2, 0.25) is 0 Å². The lowest BCUT2D eigenvalue weighted by molar-refractivity contribution is 1.07. The predicted octanol–water partition coefficient (Wildman–Crippen LogP) is 12.9. The van der Waals surface area contributed by atoms with E-state index in [4.69, 9.17) is 15.0 Å². The number of rotatable bonds is 5. The molecule has 0 fully saturated rings. The minimum Gasteiger partial charge on any atom is -0.208 e. The average Bonchev–Trinajstić information content (AvgIpc) is 3.65. The zero-order chi connectivity index (χ0) is 33.7. The van der Waals surface area contributed by atoms with Crippen LogP contribution in [0.4, 0.5) is 0 Å². The summed E-state index contributed by atoms with van der Waals surface area (Å²) in [7, 11) is 0. The molecular formula is C47H29N3S. The molecule has 0 aliphatic heterocycles. The molecule has 238 valence electrons. The van der Waals surface area contributed by atoms with Gasteiger partial charge in [-0.25, -0.2) is 15.0 Å². The van der Waals surface area contributed by atoms with Gasteiger partial charge in [0.05, 0.1) is 0 Å². The Hall–Kier alpha value is -6.49. The Morgan fingerprint density at radius 2 is 0.961 bits per heavy atom. The fraction of sp³-hybridized carbons (Fsp3) is 0. The molecule has 0 bridgehead atoms. The van der Waals surface area contributed by atoms with Gasteiger partial charge in [-0.2, -0.15) is 0 Å². The van der Waals surface area contributed by atoms with Crippen LogP contribution in [0.1, 0.15) is 0 Å². The molecule has 4 heteroatoms. The molecule has 0 amide bonds. The molecule has 2 heterocycles. The van der Waals surface area contributed by atoms with Gasteiger partial charge in [0.25, 0.3) is 0 Å². The Bertz CT molecular complexity index is 2890. The molecule has 0 atom stereocenters. The van der Waals surface area contributed by atoms with Crippen molar-refractivity contribution in [2.45, 2.75) is 0 Å². The van der Waals surface area contributed by atoms with Crippen LogP contribution < -0.4 is 0 Å². The fourth-order valence-corrected chi connectivity index (χ4v) is 8.34. The molecule has 0 spiro atoms. The maximum Gasteiger partial charge on any atom is 0.164 e. The van der Waals surface area contributed by atoms with Crippen LogP contribution in [-0.4, -0.2) is 15.0 Å². The van der Waals surface area contributed by atoms with E-state index in [1.54, 1.807) is 11.3 Å². The maximum atomic E-state index is 5.25. The summed E-state index contributed by atoms with van der Waals surface area (Å²) in [4.78, 5) is 16.8. The maximum absolute atomic E-state index is 5.25. The molecule has 10 aromatic rings. The number of hydrogen-bond acceptors (Lipinski definition) is 4. The van der Waals surface area contributed by atoms with Crippen molar-refractivity contribution >= 4 is 53.7 Å². The summed E-state index contributed by atoms with van der Waals surface area (Å²) in [6.45, 7) is 0. The van der Waals surface area contributed by atoms with Crippen molar-refractivity contribution in [3.05, 3.63) is 176 Å². The molecule has 0 saturated heterocycles. The van der Waals surface area contributed by atoms with E-state index < -0.39 is 0 Å². The third-order valence-electron chi connectivity index (χ3n) is 9.71. The van der Waals surface area contributed by atoms with Crippen molar-refractivity contribution in [1.82, 2.24) is 15.0 Å². The number of fused-ring (bicyclic) bond motifs is 5. The molecule has 0 aliphatic rings. The summed E-state index contributed by atoms with van der Waals surface area (Å²) in [6, 6.07) is 62.2. The van der Waals surface area contributed by atoms with E-state index in [2.05, 4.69) is 158 Å². The van der Waals surface area contributed by atoms with E-state index in [0.717, 1.165) is 27.8 Å². The minimum atomic E-state index is 0.642. The van der Waals surface area contributed by atoms with Crippen LogP contribution in [0.3, 0.4) is 0 Å². The van der Waals surface area contributed by atoms with Gasteiger partial charge >= 0.3 is 0 Å². The van der Waals surface area contributed by atoms with E-state index in [1.807, 2.05) is 18.2 Å². The number of aromatic nitrogens is 3. The van der Waals surface area contributed by atoms with Gasteiger partial charge in [0.15, 0.2) is 17.5 Å². The van der Waals surface area contributed by atoms with Crippen molar-refractivity contribution in [3.8, 4) is 55.7 Å². The van der Waals surface area contributed by atoms with E-state index in [0.29, 0.717) is 17.5 Å². The summed E-state index contributed by atoms with van der Waals surface area (Å²) in [5, 5.41) is 8.55. The van der Waals surface area contributed by atoms with Gasteiger partial charge in [-0.1, -0.05) is 152 Å². The number of thiophene rings is 1. The average molecular weight is 668 g/mol. The largest absolute Gasteiger partial charge is 0.208 e. The quantitative estimate of drug-likeness (QED) is 0.135. The third-order valence-corrected chi connectivity index (χ3v) is 10.9. The van der Waals surface area contributed by atoms with E-state index in [9.17, 15) is 0 Å². The van der Waals surface area contributed by atoms with Crippen LogP contribution in [0.25, 0.3) is 98.1 Å². The summed E-state index contributed by atoms with van der Waals surface area (Å²) in [5.41, 5.74) is 6.27. The first kappa shape index (κ1) is 29.4. The molecule has 3 nitrogen and oxygen atoms in total. The van der Waals surface area contributed by atoms with Crippen molar-refractivity contribution in [3.63, 3.8) is 0 Å². The van der Waals surface area contributed by atoms with Gasteiger partial charge in [-0.3, -0.25) is 0 Å². The summed E-state index contributed by atoms with van der Waals surface area (Å²) in [5.74, 6) is 1.93. The molecule has 10 rings (SSSR count). The number of hydrogen-bond donors (Lipinski definition) is 0. The van der Waals surface area contributed by atoms with Gasteiger partial charge in [0.2, 0.25) is 0 Å². The van der Waals surface area contributed by atoms with Crippen LogP contribution in [-0.2, 0) is 0 Å². The smallest absolute Gasteiger partial charge is 0.164 e. The Balaban J connectivity index is 1.21. The summed E-state index contributed by atoms with van der Waals surface area (Å²) < 4.78 is 1.28. The highest BCUT2D eigenvalue weighted by Crippen LogP contribution is 2.43. The Morgan fingerprint density at radius 1 is 0.333 bits per heavy atom. The standard InChI is InChI=1S/C47H29N3S/c1-2-14-31(15-3-1)45-48-46(35-19-12-18-33(27-35)43-29-34-17-6-11-24-42(34)51-43)50-47(49-45)40-23-10-9-22-38(40)44-37-21-8-5-16-32(37)28-41-36-20-7-4-13-30(36)25-26-39(41)44/h1-29H. The van der Waals surface area contributed by atoms with E-state index >= 15 is 0 Å². The second-order valence-corrected chi connectivity index (χ2v) is 13.9. The Labute approximate surface area is 299 Å². The Morgan fingerprint density at radius 3 is 1.80 bits per heavy atom. The Kier molecular flexibility index (Phi) is 7.00. The zero-order valence-electron chi connectivity index (χ0n) is 27.5. The zero-order valence-corrected chi connectivity index (χ0v) is 28.3.